The molecule has 1 aromatic heterocycles. The molecular weight excluding hydrogens is 444 g/mol. The molecule has 1 spiro atoms. The van der Waals surface area contributed by atoms with Crippen LogP contribution in [-0.4, -0.2) is 93.9 Å². The average Bonchev–Trinajstić information content (AvgIpc) is 3.28. The van der Waals surface area contributed by atoms with Crippen molar-refractivity contribution in [1.29, 1.82) is 0 Å². The normalized spacial score (nSPS) is 23.4. The van der Waals surface area contributed by atoms with E-state index in [4.69, 9.17) is 34.3 Å². The maximum Gasteiger partial charge on any atom is 0.414 e. The lowest BCUT2D eigenvalue weighted by Crippen LogP contribution is -2.51. The number of hydrogen-bond donors (Lipinski definition) is 2. The highest BCUT2D eigenvalue weighted by Crippen LogP contribution is 2.39. The summed E-state index contributed by atoms with van der Waals surface area (Å²) >= 11 is 0. The van der Waals surface area contributed by atoms with E-state index >= 15 is 0 Å². The van der Waals surface area contributed by atoms with Gasteiger partial charge in [0.1, 0.15) is 11.4 Å². The summed E-state index contributed by atoms with van der Waals surface area (Å²) in [5.41, 5.74) is 0.969. The lowest BCUT2D eigenvalue weighted by Gasteiger charge is -2.44. The molecule has 1 unspecified atom stereocenters. The molecule has 4 heterocycles. The number of piperidine rings is 1. The highest BCUT2D eigenvalue weighted by atomic mass is 16.5. The molecule has 0 radical (unpaired) electrons. The van der Waals surface area contributed by atoms with E-state index < -0.39 is 11.9 Å². The van der Waals surface area contributed by atoms with E-state index in [-0.39, 0.29) is 17.4 Å². The summed E-state index contributed by atoms with van der Waals surface area (Å²) in [7, 11) is 2.21. The van der Waals surface area contributed by atoms with Gasteiger partial charge in [-0.2, -0.15) is 0 Å². The minimum atomic E-state index is -1.82. The predicted octanol–water partition coefficient (Wildman–Crippen LogP) is 0.765. The first kappa shape index (κ1) is 24.6. The molecule has 2 saturated heterocycles. The van der Waals surface area contributed by atoms with Gasteiger partial charge in [-0.15, -0.1) is 0 Å². The second-order valence-electron chi connectivity index (χ2n) is 9.70. The number of carbonyl (C=O) groups is 3. The molecule has 0 bridgehead atoms. The van der Waals surface area contributed by atoms with Crippen LogP contribution in [0.2, 0.25) is 0 Å². The number of carboxylic acids is 2. The number of aromatic nitrogens is 2. The SMILES string of the molecule is CN(Cc1cnc2n1CCOC21CCN(C(=O)C2CCOC2)CC1)CC1CC1.O=C(O)C(=O)O. The van der Waals surface area contributed by atoms with E-state index in [0.29, 0.717) is 13.2 Å². The zero-order chi connectivity index (χ0) is 24.3. The number of nitrogens with zero attached hydrogens (tertiary/aromatic N) is 4. The van der Waals surface area contributed by atoms with Gasteiger partial charge in [-0.05, 0) is 32.2 Å². The van der Waals surface area contributed by atoms with Crippen molar-refractivity contribution < 1.29 is 34.1 Å². The lowest BCUT2D eigenvalue weighted by atomic mass is 9.88. The number of amides is 1. The van der Waals surface area contributed by atoms with Gasteiger partial charge in [0.05, 0.1) is 24.8 Å². The molecule has 1 saturated carbocycles. The van der Waals surface area contributed by atoms with Crippen molar-refractivity contribution in [3.05, 3.63) is 17.7 Å². The van der Waals surface area contributed by atoms with Crippen LogP contribution in [0.5, 0.6) is 0 Å². The molecule has 0 aromatic carbocycles. The van der Waals surface area contributed by atoms with Crippen LogP contribution in [0, 0.1) is 11.8 Å². The summed E-state index contributed by atoms with van der Waals surface area (Å²) in [4.78, 5) is 40.2. The summed E-state index contributed by atoms with van der Waals surface area (Å²) in [5, 5.41) is 14.8. The van der Waals surface area contributed by atoms with Crippen molar-refractivity contribution in [1.82, 2.24) is 19.4 Å². The smallest absolute Gasteiger partial charge is 0.414 e. The number of imidazole rings is 1. The van der Waals surface area contributed by atoms with Crippen molar-refractivity contribution in [2.45, 2.75) is 50.8 Å². The van der Waals surface area contributed by atoms with Gasteiger partial charge in [0, 0.05) is 58.4 Å². The number of hydrogen-bond acceptors (Lipinski definition) is 7. The Bertz CT molecular complexity index is 887. The van der Waals surface area contributed by atoms with Gasteiger partial charge in [0.2, 0.25) is 5.91 Å². The van der Waals surface area contributed by atoms with Crippen molar-refractivity contribution in [2.75, 3.05) is 46.5 Å². The van der Waals surface area contributed by atoms with Crippen LogP contribution < -0.4 is 0 Å². The Balaban J connectivity index is 0.000000408. The van der Waals surface area contributed by atoms with E-state index in [1.165, 1.54) is 25.1 Å². The Morgan fingerprint density at radius 1 is 1.12 bits per heavy atom. The Kier molecular flexibility index (Phi) is 7.54. The standard InChI is InChI=1S/C21H32N4O3.C2H2O4/c1-23(13-16-2-3-16)14-18-12-22-20-21(28-11-9-25(18)20)5-7-24(8-6-21)19(26)17-4-10-27-15-17;3-1(4)2(5)6/h12,16-17H,2-11,13-15H2,1H3;(H,3,4)(H,5,6). The Labute approximate surface area is 198 Å². The van der Waals surface area contributed by atoms with Gasteiger partial charge in [-0.1, -0.05) is 0 Å². The van der Waals surface area contributed by atoms with Crippen molar-refractivity contribution in [2.24, 2.45) is 11.8 Å². The number of carboxylic acid groups (broad SMARTS) is 2. The molecule has 4 aliphatic rings. The Morgan fingerprint density at radius 2 is 1.82 bits per heavy atom. The highest BCUT2D eigenvalue weighted by Gasteiger charge is 2.45. The van der Waals surface area contributed by atoms with E-state index in [2.05, 4.69) is 16.5 Å². The zero-order valence-corrected chi connectivity index (χ0v) is 19.6. The minimum Gasteiger partial charge on any atom is -0.473 e. The molecule has 1 amide bonds. The summed E-state index contributed by atoms with van der Waals surface area (Å²) in [6.45, 7) is 6.54. The number of carbonyl (C=O) groups excluding carboxylic acids is 1. The van der Waals surface area contributed by atoms with E-state index in [1.807, 2.05) is 11.1 Å². The van der Waals surface area contributed by atoms with Crippen LogP contribution in [0.4, 0.5) is 0 Å². The summed E-state index contributed by atoms with van der Waals surface area (Å²) in [6, 6.07) is 0. The lowest BCUT2D eigenvalue weighted by molar-refractivity contribution is -0.159. The molecule has 188 valence electrons. The maximum absolute atomic E-state index is 12.7. The number of rotatable bonds is 5. The molecule has 2 N–H and O–H groups in total. The topological polar surface area (TPSA) is 134 Å². The molecule has 5 rings (SSSR count). The molecule has 3 aliphatic heterocycles. The second kappa shape index (κ2) is 10.4. The van der Waals surface area contributed by atoms with E-state index in [0.717, 1.165) is 63.8 Å². The number of ether oxygens (including phenoxy) is 2. The molecular formula is C23H34N4O7. The van der Waals surface area contributed by atoms with Crippen LogP contribution in [0.25, 0.3) is 0 Å². The molecule has 11 heteroatoms. The van der Waals surface area contributed by atoms with Gasteiger partial charge < -0.3 is 34.1 Å². The van der Waals surface area contributed by atoms with Gasteiger partial charge in [-0.3, -0.25) is 4.79 Å². The maximum atomic E-state index is 12.7. The van der Waals surface area contributed by atoms with Crippen LogP contribution in [0.3, 0.4) is 0 Å². The largest absolute Gasteiger partial charge is 0.473 e. The Hall–Kier alpha value is -2.50. The zero-order valence-electron chi connectivity index (χ0n) is 19.6. The van der Waals surface area contributed by atoms with E-state index in [9.17, 15) is 4.79 Å². The predicted molar refractivity (Wildman–Crippen MR) is 119 cm³/mol. The third-order valence-corrected chi connectivity index (χ3v) is 7.08. The van der Waals surface area contributed by atoms with Gasteiger partial charge in [-0.25, -0.2) is 14.6 Å². The number of aliphatic carboxylic acids is 2. The summed E-state index contributed by atoms with van der Waals surface area (Å²) in [5.74, 6) is -1.36. The van der Waals surface area contributed by atoms with Gasteiger partial charge >= 0.3 is 11.9 Å². The van der Waals surface area contributed by atoms with Crippen LogP contribution in [0.15, 0.2) is 6.20 Å². The van der Waals surface area contributed by atoms with Gasteiger partial charge in [0.25, 0.3) is 0 Å². The van der Waals surface area contributed by atoms with Crippen molar-refractivity contribution >= 4 is 17.8 Å². The summed E-state index contributed by atoms with van der Waals surface area (Å²) < 4.78 is 14.1. The minimum absolute atomic E-state index is 0.0527. The number of likely N-dealkylation sites (tertiary alicyclic amines) is 1. The molecule has 1 atom stereocenters. The molecule has 3 fully saturated rings. The van der Waals surface area contributed by atoms with Gasteiger partial charge in [0.15, 0.2) is 0 Å². The molecule has 1 aliphatic carbocycles. The van der Waals surface area contributed by atoms with Crippen LogP contribution >= 0.6 is 0 Å². The monoisotopic (exact) mass is 478 g/mol. The Morgan fingerprint density at radius 3 is 2.41 bits per heavy atom. The first-order valence-electron chi connectivity index (χ1n) is 12.0. The first-order chi connectivity index (χ1) is 16.3. The second-order valence-corrected chi connectivity index (χ2v) is 9.70. The third kappa shape index (κ3) is 5.59. The number of fused-ring (bicyclic) bond motifs is 2. The average molecular weight is 479 g/mol. The quantitative estimate of drug-likeness (QED) is 0.588. The van der Waals surface area contributed by atoms with Crippen molar-refractivity contribution in [3.63, 3.8) is 0 Å². The third-order valence-electron chi connectivity index (χ3n) is 7.08. The summed E-state index contributed by atoms with van der Waals surface area (Å²) in [6.07, 6.45) is 7.34. The van der Waals surface area contributed by atoms with Crippen LogP contribution in [-0.2, 0) is 42.5 Å². The molecule has 34 heavy (non-hydrogen) atoms. The highest BCUT2D eigenvalue weighted by molar-refractivity contribution is 6.27. The molecule has 11 nitrogen and oxygen atoms in total. The fourth-order valence-corrected chi connectivity index (χ4v) is 5.07. The fraction of sp³-hybridized carbons (Fsp3) is 0.739. The van der Waals surface area contributed by atoms with E-state index in [1.54, 1.807) is 0 Å². The first-order valence-corrected chi connectivity index (χ1v) is 12.0. The molecule has 1 aromatic rings. The van der Waals surface area contributed by atoms with Crippen LogP contribution in [0.1, 0.15) is 43.6 Å². The fourth-order valence-electron chi connectivity index (χ4n) is 5.07. The van der Waals surface area contributed by atoms with Crippen molar-refractivity contribution in [3.8, 4) is 0 Å².